The van der Waals surface area contributed by atoms with Gasteiger partial charge in [-0.05, 0) is 26.2 Å². The molecule has 1 aromatic rings. The van der Waals surface area contributed by atoms with Crippen LogP contribution in [0.15, 0.2) is 0 Å². The zero-order valence-electron chi connectivity index (χ0n) is 10.0. The van der Waals surface area contributed by atoms with Crippen molar-refractivity contribution in [3.05, 3.63) is 11.3 Å². The van der Waals surface area contributed by atoms with E-state index in [1.807, 2.05) is 11.7 Å². The van der Waals surface area contributed by atoms with Gasteiger partial charge in [0.25, 0.3) is 0 Å². The molecule has 3 nitrogen and oxygen atoms in total. The van der Waals surface area contributed by atoms with Crippen molar-refractivity contribution in [2.75, 3.05) is 5.73 Å². The van der Waals surface area contributed by atoms with Gasteiger partial charge in [-0.1, -0.05) is 19.8 Å². The Morgan fingerprint density at radius 2 is 2.00 bits per heavy atom. The maximum Gasteiger partial charge on any atom is 0.124 e. The Morgan fingerprint density at radius 1 is 1.40 bits per heavy atom. The maximum absolute atomic E-state index is 5.98. The summed E-state index contributed by atoms with van der Waals surface area (Å²) in [7, 11) is 1.93. The summed E-state index contributed by atoms with van der Waals surface area (Å²) >= 11 is 0. The Hall–Kier alpha value is -0.990. The normalized spacial score (nSPS) is 19.7. The summed E-state index contributed by atoms with van der Waals surface area (Å²) in [5.74, 6) is 0.824. The molecule has 0 atom stereocenters. The Bertz CT molecular complexity index is 359. The molecular formula is C12H21N3. The first kappa shape index (κ1) is 10.5. The van der Waals surface area contributed by atoms with E-state index in [9.17, 15) is 0 Å². The van der Waals surface area contributed by atoms with E-state index in [2.05, 4.69) is 18.9 Å². The Balaban J connectivity index is 2.47. The third kappa shape index (κ3) is 1.45. The second-order valence-electron chi connectivity index (χ2n) is 4.82. The predicted octanol–water partition coefficient (Wildman–Crippen LogP) is 2.53. The predicted molar refractivity (Wildman–Crippen MR) is 62.8 cm³/mol. The zero-order valence-corrected chi connectivity index (χ0v) is 10.0. The summed E-state index contributed by atoms with van der Waals surface area (Å²) in [6, 6.07) is 0. The van der Waals surface area contributed by atoms with Crippen LogP contribution in [0.25, 0.3) is 0 Å². The van der Waals surface area contributed by atoms with Crippen LogP contribution >= 0.6 is 0 Å². The van der Waals surface area contributed by atoms with Gasteiger partial charge in [0.1, 0.15) is 5.82 Å². The summed E-state index contributed by atoms with van der Waals surface area (Å²) in [6.45, 7) is 4.38. The third-order valence-corrected chi connectivity index (χ3v) is 4.08. The molecule has 1 aliphatic carbocycles. The first-order valence-electron chi connectivity index (χ1n) is 5.90. The molecule has 1 heterocycles. The minimum absolute atomic E-state index is 0.319. The van der Waals surface area contributed by atoms with Gasteiger partial charge in [0.15, 0.2) is 0 Å². The number of rotatable bonds is 2. The molecule has 0 unspecified atom stereocenters. The van der Waals surface area contributed by atoms with Crippen molar-refractivity contribution in [1.29, 1.82) is 0 Å². The number of nitrogens with two attached hydrogens (primary N) is 1. The van der Waals surface area contributed by atoms with Gasteiger partial charge in [-0.15, -0.1) is 0 Å². The highest BCUT2D eigenvalue weighted by Gasteiger charge is 2.37. The summed E-state index contributed by atoms with van der Waals surface area (Å²) in [5, 5.41) is 4.63. The lowest BCUT2D eigenvalue weighted by Gasteiger charge is -2.26. The van der Waals surface area contributed by atoms with Crippen molar-refractivity contribution in [2.45, 2.75) is 51.4 Å². The van der Waals surface area contributed by atoms with Crippen LogP contribution in [0, 0.1) is 6.92 Å². The molecule has 1 saturated carbocycles. The lowest BCUT2D eigenvalue weighted by molar-refractivity contribution is 0.405. The van der Waals surface area contributed by atoms with Crippen molar-refractivity contribution in [3.8, 4) is 0 Å². The highest BCUT2D eigenvalue weighted by atomic mass is 15.3. The summed E-state index contributed by atoms with van der Waals surface area (Å²) in [5.41, 5.74) is 8.75. The Labute approximate surface area is 91.7 Å². The SMILES string of the molecule is CCC1(c2nn(C)c(N)c2C)CCCC1. The third-order valence-electron chi connectivity index (χ3n) is 4.08. The fraction of sp³-hybridized carbons (Fsp3) is 0.750. The number of nitrogens with zero attached hydrogens (tertiary/aromatic N) is 2. The molecule has 1 aliphatic rings. The molecule has 2 N–H and O–H groups in total. The monoisotopic (exact) mass is 207 g/mol. The van der Waals surface area contributed by atoms with Gasteiger partial charge in [0.2, 0.25) is 0 Å². The fourth-order valence-corrected chi connectivity index (χ4v) is 2.96. The van der Waals surface area contributed by atoms with Crippen LogP contribution in [0.1, 0.15) is 50.3 Å². The van der Waals surface area contributed by atoms with Gasteiger partial charge in [0, 0.05) is 18.0 Å². The zero-order chi connectivity index (χ0) is 11.1. The molecule has 0 bridgehead atoms. The maximum atomic E-state index is 5.98. The average Bonchev–Trinajstić information content (AvgIpc) is 2.80. The van der Waals surface area contributed by atoms with E-state index in [-0.39, 0.29) is 0 Å². The van der Waals surface area contributed by atoms with Gasteiger partial charge in [0.05, 0.1) is 5.69 Å². The quantitative estimate of drug-likeness (QED) is 0.810. The van der Waals surface area contributed by atoms with E-state index < -0.39 is 0 Å². The average molecular weight is 207 g/mol. The lowest BCUT2D eigenvalue weighted by Crippen LogP contribution is -2.22. The molecular weight excluding hydrogens is 186 g/mol. The van der Waals surface area contributed by atoms with Gasteiger partial charge >= 0.3 is 0 Å². The summed E-state index contributed by atoms with van der Waals surface area (Å²) in [6.07, 6.45) is 6.42. The van der Waals surface area contributed by atoms with Crippen LogP contribution in [0.4, 0.5) is 5.82 Å². The topological polar surface area (TPSA) is 43.8 Å². The molecule has 1 fully saturated rings. The fourth-order valence-electron chi connectivity index (χ4n) is 2.96. The van der Waals surface area contributed by atoms with E-state index >= 15 is 0 Å². The minimum atomic E-state index is 0.319. The number of hydrogen-bond donors (Lipinski definition) is 1. The Morgan fingerprint density at radius 3 is 2.40 bits per heavy atom. The van der Waals surface area contributed by atoms with Crippen molar-refractivity contribution in [3.63, 3.8) is 0 Å². The van der Waals surface area contributed by atoms with E-state index in [1.165, 1.54) is 43.4 Å². The number of hydrogen-bond acceptors (Lipinski definition) is 2. The van der Waals surface area contributed by atoms with E-state index in [4.69, 9.17) is 5.73 Å². The van der Waals surface area contributed by atoms with Crippen molar-refractivity contribution >= 4 is 5.82 Å². The van der Waals surface area contributed by atoms with Crippen LogP contribution in [0.2, 0.25) is 0 Å². The van der Waals surface area contributed by atoms with Crippen LogP contribution in [0.3, 0.4) is 0 Å². The van der Waals surface area contributed by atoms with Crippen molar-refractivity contribution in [2.24, 2.45) is 7.05 Å². The molecule has 3 heteroatoms. The summed E-state index contributed by atoms with van der Waals surface area (Å²) in [4.78, 5) is 0. The molecule has 0 saturated heterocycles. The first-order chi connectivity index (χ1) is 7.10. The number of aromatic nitrogens is 2. The summed E-state index contributed by atoms with van der Waals surface area (Å²) < 4.78 is 1.82. The van der Waals surface area contributed by atoms with Crippen LogP contribution in [-0.4, -0.2) is 9.78 Å². The highest BCUT2D eigenvalue weighted by Crippen LogP contribution is 2.44. The second kappa shape index (κ2) is 3.54. The van der Waals surface area contributed by atoms with Crippen molar-refractivity contribution in [1.82, 2.24) is 9.78 Å². The van der Waals surface area contributed by atoms with Crippen LogP contribution in [0.5, 0.6) is 0 Å². The van der Waals surface area contributed by atoms with Gasteiger partial charge in [-0.25, -0.2) is 0 Å². The van der Waals surface area contributed by atoms with E-state index in [0.717, 1.165) is 5.82 Å². The highest BCUT2D eigenvalue weighted by molar-refractivity contribution is 5.45. The van der Waals surface area contributed by atoms with E-state index in [1.54, 1.807) is 0 Å². The van der Waals surface area contributed by atoms with Gasteiger partial charge in [-0.3, -0.25) is 4.68 Å². The Kier molecular flexibility index (Phi) is 2.49. The number of aryl methyl sites for hydroxylation is 1. The van der Waals surface area contributed by atoms with Gasteiger partial charge in [-0.2, -0.15) is 5.10 Å². The van der Waals surface area contributed by atoms with E-state index in [0.29, 0.717) is 5.41 Å². The molecule has 0 radical (unpaired) electrons. The molecule has 1 aromatic heterocycles. The standard InChI is InChI=1S/C12H21N3/c1-4-12(7-5-6-8-12)10-9(2)11(13)15(3)14-10/h4-8,13H2,1-3H3. The van der Waals surface area contributed by atoms with Crippen molar-refractivity contribution < 1.29 is 0 Å². The smallest absolute Gasteiger partial charge is 0.124 e. The minimum Gasteiger partial charge on any atom is -0.384 e. The largest absolute Gasteiger partial charge is 0.384 e. The van der Waals surface area contributed by atoms with Crippen LogP contribution < -0.4 is 5.73 Å². The molecule has 0 amide bonds. The van der Waals surface area contributed by atoms with Crippen LogP contribution in [-0.2, 0) is 12.5 Å². The molecule has 2 rings (SSSR count). The second-order valence-corrected chi connectivity index (χ2v) is 4.82. The molecule has 0 aliphatic heterocycles. The molecule has 15 heavy (non-hydrogen) atoms. The number of anilines is 1. The van der Waals surface area contributed by atoms with Gasteiger partial charge < -0.3 is 5.73 Å². The molecule has 0 aromatic carbocycles. The molecule has 0 spiro atoms. The lowest BCUT2D eigenvalue weighted by atomic mass is 9.78. The molecule has 84 valence electrons. The number of nitrogen functional groups attached to an aromatic ring is 1. The first-order valence-corrected chi connectivity index (χ1v) is 5.90.